The van der Waals surface area contributed by atoms with E-state index in [0.717, 1.165) is 57.8 Å². The van der Waals surface area contributed by atoms with Crippen LogP contribution in [0, 0.1) is 0 Å². The molecule has 0 aliphatic heterocycles. The summed E-state index contributed by atoms with van der Waals surface area (Å²) in [7, 11) is 0. The Labute approximate surface area is 530 Å². The van der Waals surface area contributed by atoms with Crippen LogP contribution in [0.1, 0.15) is 406 Å². The van der Waals surface area contributed by atoms with Crippen LogP contribution in [-0.4, -0.2) is 47.4 Å². The van der Waals surface area contributed by atoms with Gasteiger partial charge in [-0.1, -0.05) is 357 Å². The number of unbranched alkanes of at least 4 members (excludes halogenated alkanes) is 52. The third-order valence-electron chi connectivity index (χ3n) is 17.5. The molecule has 2 atom stereocenters. The third-order valence-corrected chi connectivity index (χ3v) is 17.5. The number of aliphatic hydroxyl groups is 2. The molecule has 0 aliphatic rings. The Kier molecular flexibility index (Phi) is 71.9. The maximum Gasteiger partial charge on any atom is 0.305 e. The summed E-state index contributed by atoms with van der Waals surface area (Å²) in [6, 6.07) is -0.627. The maximum atomic E-state index is 12.5. The molecule has 0 aromatic rings. The van der Waals surface area contributed by atoms with E-state index in [-0.39, 0.29) is 18.5 Å². The fraction of sp³-hybridized carbons (Fsp3) is 0.848. The van der Waals surface area contributed by atoms with Crippen molar-refractivity contribution in [3.05, 3.63) is 60.8 Å². The van der Waals surface area contributed by atoms with Gasteiger partial charge in [-0.2, -0.15) is 0 Å². The number of carbonyl (C=O) groups excluding carboxylic acids is 2. The number of rotatable bonds is 71. The SMILES string of the molecule is CCCCCC/C=C\C/C=C\CCCCCCCC(=O)OCCCCCCCCCCCCC/C=C\C/C=C\CCCCCCCCCCCCCCCCCCCC(=O)NC(CO)C(O)/C=C/CCCCCCCCCCCCCCCCC. The smallest absolute Gasteiger partial charge is 0.305 e. The Morgan fingerprint density at radius 3 is 0.906 bits per heavy atom. The van der Waals surface area contributed by atoms with Gasteiger partial charge in [0.15, 0.2) is 0 Å². The number of hydrogen-bond donors (Lipinski definition) is 3. The predicted molar refractivity (Wildman–Crippen MR) is 375 cm³/mol. The average Bonchev–Trinajstić information content (AvgIpc) is 3.50. The third kappa shape index (κ3) is 70.5. The summed E-state index contributed by atoms with van der Waals surface area (Å²) in [5.41, 5.74) is 0. The van der Waals surface area contributed by atoms with Crippen LogP contribution in [-0.2, 0) is 14.3 Å². The number of amides is 1. The van der Waals surface area contributed by atoms with Crippen molar-refractivity contribution < 1.29 is 24.5 Å². The van der Waals surface area contributed by atoms with E-state index in [0.29, 0.717) is 19.4 Å². The molecule has 0 saturated carbocycles. The van der Waals surface area contributed by atoms with E-state index in [9.17, 15) is 19.8 Å². The summed E-state index contributed by atoms with van der Waals surface area (Å²) >= 11 is 0. The zero-order valence-electron chi connectivity index (χ0n) is 57.1. The number of aliphatic hydroxyl groups excluding tert-OH is 2. The molecule has 0 aromatic carbocycles. The zero-order valence-corrected chi connectivity index (χ0v) is 57.1. The fourth-order valence-corrected chi connectivity index (χ4v) is 11.7. The Morgan fingerprint density at radius 2 is 0.588 bits per heavy atom. The summed E-state index contributed by atoms with van der Waals surface area (Å²) in [5, 5.41) is 23.2. The van der Waals surface area contributed by atoms with Crippen LogP contribution < -0.4 is 5.32 Å². The maximum absolute atomic E-state index is 12.5. The topological polar surface area (TPSA) is 95.9 Å². The lowest BCUT2D eigenvalue weighted by Crippen LogP contribution is -2.45. The zero-order chi connectivity index (χ0) is 61.3. The molecule has 0 heterocycles. The first-order valence-electron chi connectivity index (χ1n) is 38.1. The number of hydrogen-bond acceptors (Lipinski definition) is 5. The van der Waals surface area contributed by atoms with Crippen molar-refractivity contribution in [2.24, 2.45) is 0 Å². The molecule has 0 aromatic heterocycles. The van der Waals surface area contributed by atoms with Crippen molar-refractivity contribution in [3.63, 3.8) is 0 Å². The average molecular weight is 1190 g/mol. The quantitative estimate of drug-likeness (QED) is 0.0320. The highest BCUT2D eigenvalue weighted by Crippen LogP contribution is 2.18. The second-order valence-corrected chi connectivity index (χ2v) is 26.0. The van der Waals surface area contributed by atoms with Crippen molar-refractivity contribution in [3.8, 4) is 0 Å². The predicted octanol–water partition coefficient (Wildman–Crippen LogP) is 25.0. The molecular weight excluding hydrogens is 1040 g/mol. The lowest BCUT2D eigenvalue weighted by atomic mass is 10.0. The number of nitrogens with one attached hydrogen (secondary N) is 1. The molecule has 1 amide bonds. The first kappa shape index (κ1) is 82.6. The van der Waals surface area contributed by atoms with Gasteiger partial charge in [0, 0.05) is 12.8 Å². The summed E-state index contributed by atoms with van der Waals surface area (Å²) in [6.07, 6.45) is 99.0. The Hall–Kier alpha value is -2.44. The summed E-state index contributed by atoms with van der Waals surface area (Å²) < 4.78 is 5.49. The second kappa shape index (κ2) is 74.0. The van der Waals surface area contributed by atoms with Gasteiger partial charge in [0.25, 0.3) is 0 Å². The molecule has 0 radical (unpaired) electrons. The minimum Gasteiger partial charge on any atom is -0.466 e. The van der Waals surface area contributed by atoms with Crippen molar-refractivity contribution in [2.75, 3.05) is 13.2 Å². The van der Waals surface area contributed by atoms with Gasteiger partial charge < -0.3 is 20.3 Å². The van der Waals surface area contributed by atoms with E-state index in [2.05, 4.69) is 67.8 Å². The molecule has 0 fully saturated rings. The molecule has 85 heavy (non-hydrogen) atoms. The number of carbonyl (C=O) groups is 2. The van der Waals surface area contributed by atoms with Crippen molar-refractivity contribution >= 4 is 11.9 Å². The molecule has 0 saturated heterocycles. The molecule has 2 unspecified atom stereocenters. The van der Waals surface area contributed by atoms with E-state index in [1.54, 1.807) is 6.08 Å². The number of ether oxygens (including phenoxy) is 1. The van der Waals surface area contributed by atoms with Crippen molar-refractivity contribution in [2.45, 2.75) is 418 Å². The molecule has 6 heteroatoms. The lowest BCUT2D eigenvalue weighted by molar-refractivity contribution is -0.143. The van der Waals surface area contributed by atoms with E-state index in [1.165, 1.54) is 321 Å². The highest BCUT2D eigenvalue weighted by molar-refractivity contribution is 5.76. The van der Waals surface area contributed by atoms with Gasteiger partial charge in [0.05, 0.1) is 25.4 Å². The van der Waals surface area contributed by atoms with E-state index in [4.69, 9.17) is 4.74 Å². The highest BCUT2D eigenvalue weighted by Gasteiger charge is 2.18. The van der Waals surface area contributed by atoms with Crippen LogP contribution in [0.15, 0.2) is 60.8 Å². The number of allylic oxidation sites excluding steroid dienone is 9. The van der Waals surface area contributed by atoms with Crippen molar-refractivity contribution in [1.29, 1.82) is 0 Å². The van der Waals surface area contributed by atoms with Crippen molar-refractivity contribution in [1.82, 2.24) is 5.32 Å². The van der Waals surface area contributed by atoms with Gasteiger partial charge in [-0.25, -0.2) is 0 Å². The molecule has 0 bridgehead atoms. The summed E-state index contributed by atoms with van der Waals surface area (Å²) in [4.78, 5) is 24.6. The molecule has 0 aliphatic carbocycles. The van der Waals surface area contributed by atoms with Gasteiger partial charge in [-0.3, -0.25) is 9.59 Å². The van der Waals surface area contributed by atoms with Crippen LogP contribution in [0.25, 0.3) is 0 Å². The van der Waals surface area contributed by atoms with Crippen LogP contribution >= 0.6 is 0 Å². The van der Waals surface area contributed by atoms with Gasteiger partial charge in [-0.15, -0.1) is 0 Å². The van der Waals surface area contributed by atoms with E-state index < -0.39 is 12.1 Å². The minimum absolute atomic E-state index is 0.00308. The highest BCUT2D eigenvalue weighted by atomic mass is 16.5. The van der Waals surface area contributed by atoms with Crippen LogP contribution in [0.2, 0.25) is 0 Å². The molecular formula is C79H147NO5. The molecule has 0 spiro atoms. The minimum atomic E-state index is -0.844. The monoisotopic (exact) mass is 1190 g/mol. The Morgan fingerprint density at radius 1 is 0.329 bits per heavy atom. The van der Waals surface area contributed by atoms with E-state index in [1.807, 2.05) is 6.08 Å². The van der Waals surface area contributed by atoms with Gasteiger partial charge in [0.2, 0.25) is 5.91 Å². The molecule has 6 nitrogen and oxygen atoms in total. The first-order valence-corrected chi connectivity index (χ1v) is 38.1. The molecule has 0 rings (SSSR count). The first-order chi connectivity index (χ1) is 42.0. The molecule has 3 N–H and O–H groups in total. The van der Waals surface area contributed by atoms with Crippen LogP contribution in [0.3, 0.4) is 0 Å². The Bertz CT molecular complexity index is 1470. The number of esters is 1. The van der Waals surface area contributed by atoms with Crippen LogP contribution in [0.5, 0.6) is 0 Å². The molecule has 498 valence electrons. The summed E-state index contributed by atoms with van der Waals surface area (Å²) in [5.74, 6) is -0.0601. The van der Waals surface area contributed by atoms with Crippen LogP contribution in [0.4, 0.5) is 0 Å². The summed E-state index contributed by atoms with van der Waals surface area (Å²) in [6.45, 7) is 4.91. The normalized spacial score (nSPS) is 12.8. The standard InChI is InChI=1S/C79H147NO5/c1-3-5-7-9-11-13-15-17-19-40-43-47-51-55-59-63-67-71-77(82)76(75-81)80-78(83)72-68-64-60-56-52-48-44-41-38-36-34-32-30-28-26-24-22-21-23-25-27-29-31-33-35-37-39-42-46-50-54-58-62-66-70-74-85-79(84)73-69-65-61-57-53-49-45-20-18-16-14-12-10-8-6-4-2/h14,16,20,23,25,29,31,45,67,71,76-77,81-82H,3-13,15,17-19,21-22,24,26-28,30,32-44,46-66,68-70,72-75H2,1-2H3,(H,80,83)/b16-14-,25-23-,31-29-,45-20-,71-67+. The van der Waals surface area contributed by atoms with Gasteiger partial charge >= 0.3 is 5.97 Å². The van der Waals surface area contributed by atoms with Gasteiger partial charge in [0.1, 0.15) is 0 Å². The van der Waals surface area contributed by atoms with E-state index >= 15 is 0 Å². The largest absolute Gasteiger partial charge is 0.466 e. The fourth-order valence-electron chi connectivity index (χ4n) is 11.7. The second-order valence-electron chi connectivity index (χ2n) is 26.0. The van der Waals surface area contributed by atoms with Gasteiger partial charge in [-0.05, 0) is 96.3 Å². The Balaban J connectivity index is 3.39. The lowest BCUT2D eigenvalue weighted by Gasteiger charge is -2.20.